The number of nitrogens with two attached hydrogens (primary N) is 1. The van der Waals surface area contributed by atoms with Crippen LogP contribution in [-0.4, -0.2) is 19.6 Å². The molecule has 0 fully saturated rings. The lowest BCUT2D eigenvalue weighted by Crippen LogP contribution is -2.13. The molecule has 0 aliphatic heterocycles. The van der Waals surface area contributed by atoms with E-state index in [1.54, 1.807) is 25.3 Å². The number of ether oxygens (including phenoxy) is 2. The van der Waals surface area contributed by atoms with Crippen LogP contribution in [0, 0.1) is 0 Å². The summed E-state index contributed by atoms with van der Waals surface area (Å²) >= 11 is 0. The number of methoxy groups -OCH3 is 1. The summed E-state index contributed by atoms with van der Waals surface area (Å²) in [6, 6.07) is 12.9. The predicted octanol–water partition coefficient (Wildman–Crippen LogP) is 3.67. The van der Waals surface area contributed by atoms with Gasteiger partial charge in [-0.1, -0.05) is 18.2 Å². The van der Waals surface area contributed by atoms with Crippen LogP contribution in [0.3, 0.4) is 0 Å². The van der Waals surface area contributed by atoms with Gasteiger partial charge in [0.2, 0.25) is 5.91 Å². The highest BCUT2D eigenvalue weighted by Gasteiger charge is 2.09. The van der Waals surface area contributed by atoms with E-state index in [1.807, 2.05) is 31.2 Å². The van der Waals surface area contributed by atoms with E-state index in [2.05, 4.69) is 5.32 Å². The number of nitrogens with one attached hydrogen (secondary N) is 1. The molecule has 0 aromatic heterocycles. The molecule has 6 heteroatoms. The molecule has 1 amide bonds. The van der Waals surface area contributed by atoms with Gasteiger partial charge in [-0.15, -0.1) is 12.4 Å². The smallest absolute Gasteiger partial charge is 0.224 e. The highest BCUT2D eigenvalue weighted by Crippen LogP contribution is 2.30. The Hall–Kier alpha value is -2.40. The number of hydrogen-bond donors (Lipinski definition) is 2. The number of carbonyl (C=O) groups excluding carboxylic acids is 1. The normalized spacial score (nSPS) is 9.75. The Morgan fingerprint density at radius 1 is 1.17 bits per heavy atom. The Kier molecular flexibility index (Phi) is 7.92. The second-order valence-electron chi connectivity index (χ2n) is 5.05. The standard InChI is InChI=1S/C18H22N2O3.ClH/c1-3-23-16-10-9-14(12-17(16)22-2)20-18(21)11-8-13-6-4-5-7-15(13)19;/h4-7,9-10,12H,3,8,11,19H2,1-2H3,(H,20,21);1H. The minimum absolute atomic E-state index is 0. The third-order valence-corrected chi connectivity index (χ3v) is 3.42. The van der Waals surface area contributed by atoms with Crippen LogP contribution in [0.2, 0.25) is 0 Å². The van der Waals surface area contributed by atoms with Gasteiger partial charge in [0.15, 0.2) is 11.5 Å². The zero-order valence-electron chi connectivity index (χ0n) is 13.9. The van der Waals surface area contributed by atoms with Crippen molar-refractivity contribution < 1.29 is 14.3 Å². The summed E-state index contributed by atoms with van der Waals surface area (Å²) < 4.78 is 10.7. The van der Waals surface area contributed by atoms with Crippen LogP contribution in [0.4, 0.5) is 11.4 Å². The quantitative estimate of drug-likeness (QED) is 0.747. The summed E-state index contributed by atoms with van der Waals surface area (Å²) in [7, 11) is 1.57. The molecule has 2 aromatic rings. The number of hydrogen-bond acceptors (Lipinski definition) is 4. The van der Waals surface area contributed by atoms with Gasteiger partial charge in [0.25, 0.3) is 0 Å². The third kappa shape index (κ3) is 5.35. The second kappa shape index (κ2) is 9.67. The van der Waals surface area contributed by atoms with Crippen molar-refractivity contribution in [3.63, 3.8) is 0 Å². The average molecular weight is 351 g/mol. The van der Waals surface area contributed by atoms with E-state index < -0.39 is 0 Å². The van der Waals surface area contributed by atoms with E-state index in [1.165, 1.54) is 0 Å². The number of nitrogen functional groups attached to an aromatic ring is 1. The number of amides is 1. The topological polar surface area (TPSA) is 73.6 Å². The van der Waals surface area contributed by atoms with Crippen molar-refractivity contribution >= 4 is 29.7 Å². The molecule has 0 unspecified atom stereocenters. The van der Waals surface area contributed by atoms with Gasteiger partial charge in [0.1, 0.15) is 0 Å². The van der Waals surface area contributed by atoms with E-state index in [4.69, 9.17) is 15.2 Å². The van der Waals surface area contributed by atoms with Crippen molar-refractivity contribution in [2.45, 2.75) is 19.8 Å². The average Bonchev–Trinajstić information content (AvgIpc) is 2.55. The van der Waals surface area contributed by atoms with Gasteiger partial charge in [-0.3, -0.25) is 4.79 Å². The number of benzene rings is 2. The zero-order chi connectivity index (χ0) is 16.7. The van der Waals surface area contributed by atoms with Crippen molar-refractivity contribution in [2.24, 2.45) is 0 Å². The molecule has 24 heavy (non-hydrogen) atoms. The monoisotopic (exact) mass is 350 g/mol. The maximum Gasteiger partial charge on any atom is 0.224 e. The first-order valence-corrected chi connectivity index (χ1v) is 7.58. The molecule has 2 rings (SSSR count). The molecule has 5 nitrogen and oxygen atoms in total. The van der Waals surface area contributed by atoms with E-state index in [9.17, 15) is 4.79 Å². The van der Waals surface area contributed by atoms with Crippen molar-refractivity contribution in [3.05, 3.63) is 48.0 Å². The van der Waals surface area contributed by atoms with Crippen LogP contribution < -0.4 is 20.5 Å². The highest BCUT2D eigenvalue weighted by molar-refractivity contribution is 5.91. The Bertz CT molecular complexity index is 677. The second-order valence-corrected chi connectivity index (χ2v) is 5.05. The SMILES string of the molecule is CCOc1ccc(NC(=O)CCc2ccccc2N)cc1OC.Cl. The van der Waals surface area contributed by atoms with Crippen LogP contribution >= 0.6 is 12.4 Å². The fraction of sp³-hybridized carbons (Fsp3) is 0.278. The maximum atomic E-state index is 12.1. The van der Waals surface area contributed by atoms with E-state index in [0.29, 0.717) is 42.3 Å². The van der Waals surface area contributed by atoms with E-state index in [-0.39, 0.29) is 18.3 Å². The van der Waals surface area contributed by atoms with Gasteiger partial charge >= 0.3 is 0 Å². The molecule has 0 spiro atoms. The van der Waals surface area contributed by atoms with Crippen LogP contribution in [0.15, 0.2) is 42.5 Å². The first-order valence-electron chi connectivity index (χ1n) is 7.58. The van der Waals surface area contributed by atoms with Crippen molar-refractivity contribution in [1.29, 1.82) is 0 Å². The number of carbonyl (C=O) groups is 1. The van der Waals surface area contributed by atoms with E-state index in [0.717, 1.165) is 5.56 Å². The minimum Gasteiger partial charge on any atom is -0.493 e. The Labute approximate surface area is 148 Å². The van der Waals surface area contributed by atoms with Crippen molar-refractivity contribution in [1.82, 2.24) is 0 Å². The molecule has 0 radical (unpaired) electrons. The van der Waals surface area contributed by atoms with Gasteiger partial charge in [0.05, 0.1) is 13.7 Å². The van der Waals surface area contributed by atoms with E-state index >= 15 is 0 Å². The zero-order valence-corrected chi connectivity index (χ0v) is 14.7. The van der Waals surface area contributed by atoms with Gasteiger partial charge in [0, 0.05) is 23.9 Å². The molecule has 0 saturated heterocycles. The van der Waals surface area contributed by atoms with Crippen LogP contribution in [0.5, 0.6) is 11.5 Å². The predicted molar refractivity (Wildman–Crippen MR) is 99.2 cm³/mol. The lowest BCUT2D eigenvalue weighted by atomic mass is 10.1. The number of anilines is 2. The largest absolute Gasteiger partial charge is 0.493 e. The summed E-state index contributed by atoms with van der Waals surface area (Å²) in [5.74, 6) is 1.18. The molecule has 0 aliphatic carbocycles. The molecule has 0 atom stereocenters. The minimum atomic E-state index is -0.0699. The van der Waals surface area contributed by atoms with Crippen LogP contribution in [0.1, 0.15) is 18.9 Å². The third-order valence-electron chi connectivity index (χ3n) is 3.42. The van der Waals surface area contributed by atoms with Crippen molar-refractivity contribution in [2.75, 3.05) is 24.8 Å². The number of halogens is 1. The summed E-state index contributed by atoms with van der Waals surface area (Å²) in [6.07, 6.45) is 0.969. The molecule has 130 valence electrons. The first kappa shape index (κ1) is 19.6. The van der Waals surface area contributed by atoms with Gasteiger partial charge in [-0.25, -0.2) is 0 Å². The Morgan fingerprint density at radius 3 is 2.58 bits per heavy atom. The molecule has 0 heterocycles. The van der Waals surface area contributed by atoms with Crippen molar-refractivity contribution in [3.8, 4) is 11.5 Å². The number of rotatable bonds is 7. The van der Waals surface area contributed by atoms with Gasteiger partial charge < -0.3 is 20.5 Å². The summed E-state index contributed by atoms with van der Waals surface area (Å²) in [4.78, 5) is 12.1. The fourth-order valence-electron chi connectivity index (χ4n) is 2.25. The van der Waals surface area contributed by atoms with Crippen LogP contribution in [0.25, 0.3) is 0 Å². The molecule has 0 bridgehead atoms. The Balaban J connectivity index is 0.00000288. The summed E-state index contributed by atoms with van der Waals surface area (Å²) in [6.45, 7) is 2.46. The maximum absolute atomic E-state index is 12.1. The molecule has 0 aliphatic rings. The molecule has 2 aromatic carbocycles. The molecular weight excluding hydrogens is 328 g/mol. The lowest BCUT2D eigenvalue weighted by Gasteiger charge is -2.12. The molecular formula is C18H23ClN2O3. The molecule has 3 N–H and O–H groups in total. The summed E-state index contributed by atoms with van der Waals surface area (Å²) in [5.41, 5.74) is 8.25. The lowest BCUT2D eigenvalue weighted by molar-refractivity contribution is -0.116. The first-order chi connectivity index (χ1) is 11.1. The number of aryl methyl sites for hydroxylation is 1. The highest BCUT2D eigenvalue weighted by atomic mass is 35.5. The Morgan fingerprint density at radius 2 is 1.92 bits per heavy atom. The van der Waals surface area contributed by atoms with Crippen LogP contribution in [-0.2, 0) is 11.2 Å². The molecule has 0 saturated carbocycles. The number of para-hydroxylation sites is 1. The fourth-order valence-corrected chi connectivity index (χ4v) is 2.25. The van der Waals surface area contributed by atoms with Gasteiger partial charge in [-0.05, 0) is 37.1 Å². The summed E-state index contributed by atoms with van der Waals surface area (Å²) in [5, 5.41) is 2.86. The van der Waals surface area contributed by atoms with Gasteiger partial charge in [-0.2, -0.15) is 0 Å².